The predicted octanol–water partition coefficient (Wildman–Crippen LogP) is 3.01. The lowest BCUT2D eigenvalue weighted by Crippen LogP contribution is -2.10. The molecule has 0 saturated heterocycles. The zero-order valence-electron chi connectivity index (χ0n) is 8.76. The van der Waals surface area contributed by atoms with Crippen LogP contribution in [0.25, 0.3) is 0 Å². The molecular weight excluding hydrogens is 284 g/mol. The van der Waals surface area contributed by atoms with E-state index in [-0.39, 0.29) is 11.3 Å². The third-order valence-electron chi connectivity index (χ3n) is 2.24. The number of carbonyl (C=O) groups excluding carboxylic acids is 1. The summed E-state index contributed by atoms with van der Waals surface area (Å²) in [5, 5.41) is 0.297. The van der Waals surface area contributed by atoms with E-state index in [0.717, 1.165) is 6.20 Å². The van der Waals surface area contributed by atoms with E-state index in [1.807, 2.05) is 0 Å². The Labute approximate surface area is 99.9 Å². The number of hydrogen-bond acceptors (Lipinski definition) is 3. The summed E-state index contributed by atoms with van der Waals surface area (Å²) in [6.07, 6.45) is -1.53. The van der Waals surface area contributed by atoms with Crippen molar-refractivity contribution < 1.29 is 18.3 Å². The molecular formula is C10H10BrF2NO2. The lowest BCUT2D eigenvalue weighted by molar-refractivity contribution is 0.0598. The molecule has 88 valence electrons. The topological polar surface area (TPSA) is 39.2 Å². The third kappa shape index (κ3) is 2.37. The van der Waals surface area contributed by atoms with Gasteiger partial charge in [-0.15, -0.1) is 0 Å². The number of hydrogen-bond donors (Lipinski definition) is 0. The Morgan fingerprint density at radius 3 is 2.69 bits per heavy atom. The number of alkyl halides is 3. The Kier molecular flexibility index (Phi) is 4.35. The monoisotopic (exact) mass is 293 g/mol. The molecule has 0 aliphatic carbocycles. The molecule has 0 unspecified atom stereocenters. The van der Waals surface area contributed by atoms with Gasteiger partial charge in [0.2, 0.25) is 0 Å². The second-order valence-corrected chi connectivity index (χ2v) is 3.65. The first-order chi connectivity index (χ1) is 7.52. The number of aromatic nitrogens is 1. The Morgan fingerprint density at radius 1 is 1.62 bits per heavy atom. The average Bonchev–Trinajstić information content (AvgIpc) is 2.26. The molecule has 0 spiro atoms. The first-order valence-corrected chi connectivity index (χ1v) is 5.55. The van der Waals surface area contributed by atoms with Crippen LogP contribution in [0.15, 0.2) is 6.20 Å². The first kappa shape index (κ1) is 13.0. The molecule has 0 aliphatic rings. The van der Waals surface area contributed by atoms with Gasteiger partial charge in [-0.3, -0.25) is 4.98 Å². The molecule has 0 aliphatic heterocycles. The van der Waals surface area contributed by atoms with Crippen LogP contribution in [0.5, 0.6) is 0 Å². The van der Waals surface area contributed by atoms with Crippen molar-refractivity contribution in [3.05, 3.63) is 28.6 Å². The Hall–Kier alpha value is -1.04. The molecule has 0 N–H and O–H groups in total. The maximum absolute atomic E-state index is 12.6. The van der Waals surface area contributed by atoms with Gasteiger partial charge in [-0.2, -0.15) is 0 Å². The summed E-state index contributed by atoms with van der Waals surface area (Å²) in [7, 11) is 1.23. The first-order valence-electron chi connectivity index (χ1n) is 4.43. The minimum absolute atomic E-state index is 0.210. The summed E-state index contributed by atoms with van der Waals surface area (Å²) < 4.78 is 29.7. The van der Waals surface area contributed by atoms with Crippen molar-refractivity contribution in [1.82, 2.24) is 4.98 Å². The summed E-state index contributed by atoms with van der Waals surface area (Å²) in [6, 6.07) is 0. The van der Waals surface area contributed by atoms with Gasteiger partial charge in [-0.05, 0) is 18.1 Å². The van der Waals surface area contributed by atoms with Gasteiger partial charge >= 0.3 is 5.97 Å². The van der Waals surface area contributed by atoms with Crippen molar-refractivity contribution in [3.63, 3.8) is 0 Å². The van der Waals surface area contributed by atoms with E-state index in [2.05, 4.69) is 25.7 Å². The molecule has 3 nitrogen and oxygen atoms in total. The van der Waals surface area contributed by atoms with E-state index in [1.165, 1.54) is 14.0 Å². The molecule has 0 saturated carbocycles. The number of halogens is 3. The highest BCUT2D eigenvalue weighted by atomic mass is 79.9. The van der Waals surface area contributed by atoms with E-state index >= 15 is 0 Å². The normalized spacial score (nSPS) is 10.6. The van der Waals surface area contributed by atoms with Crippen LogP contribution in [0.1, 0.15) is 33.6 Å². The summed E-state index contributed by atoms with van der Waals surface area (Å²) >= 11 is 3.16. The van der Waals surface area contributed by atoms with Gasteiger partial charge in [0.1, 0.15) is 5.69 Å². The maximum Gasteiger partial charge on any atom is 0.339 e. The Balaban J connectivity index is 3.35. The number of nitrogens with zero attached hydrogens (tertiary/aromatic N) is 1. The standard InChI is InChI=1S/C10H10BrF2NO2/c1-5-6(3-11)7(10(15)16-2)4-14-8(5)9(12)13/h4,9H,3H2,1-2H3. The lowest BCUT2D eigenvalue weighted by Gasteiger charge is -2.11. The fourth-order valence-corrected chi connectivity index (χ4v) is 2.07. The van der Waals surface area contributed by atoms with E-state index in [1.54, 1.807) is 0 Å². The molecule has 0 atom stereocenters. The smallest absolute Gasteiger partial charge is 0.339 e. The molecule has 1 aromatic heterocycles. The van der Waals surface area contributed by atoms with Crippen LogP contribution < -0.4 is 0 Å². The van der Waals surface area contributed by atoms with Gasteiger partial charge in [-0.1, -0.05) is 15.9 Å². The van der Waals surface area contributed by atoms with Gasteiger partial charge < -0.3 is 4.74 Å². The number of methoxy groups -OCH3 is 1. The lowest BCUT2D eigenvalue weighted by atomic mass is 10.0. The van der Waals surface area contributed by atoms with Crippen LogP contribution in [-0.2, 0) is 10.1 Å². The van der Waals surface area contributed by atoms with Gasteiger partial charge in [0, 0.05) is 11.5 Å². The molecule has 16 heavy (non-hydrogen) atoms. The number of ether oxygens (including phenoxy) is 1. The van der Waals surface area contributed by atoms with E-state index < -0.39 is 12.4 Å². The predicted molar refractivity (Wildman–Crippen MR) is 57.9 cm³/mol. The molecule has 0 radical (unpaired) electrons. The van der Waals surface area contributed by atoms with Crippen molar-refractivity contribution in [2.24, 2.45) is 0 Å². The second kappa shape index (κ2) is 5.34. The average molecular weight is 294 g/mol. The summed E-state index contributed by atoms with van der Waals surface area (Å²) in [4.78, 5) is 14.9. The fourth-order valence-electron chi connectivity index (χ4n) is 1.34. The number of rotatable bonds is 3. The quantitative estimate of drug-likeness (QED) is 0.635. The minimum Gasteiger partial charge on any atom is -0.465 e. The largest absolute Gasteiger partial charge is 0.465 e. The van der Waals surface area contributed by atoms with E-state index in [4.69, 9.17) is 0 Å². The highest BCUT2D eigenvalue weighted by molar-refractivity contribution is 9.08. The third-order valence-corrected chi connectivity index (χ3v) is 2.80. The SMILES string of the molecule is COC(=O)c1cnc(C(F)F)c(C)c1CBr. The summed E-state index contributed by atoms with van der Waals surface area (Å²) in [6.45, 7) is 1.51. The van der Waals surface area contributed by atoms with Crippen molar-refractivity contribution in [1.29, 1.82) is 0 Å². The van der Waals surface area contributed by atoms with Crippen LogP contribution in [0.3, 0.4) is 0 Å². The van der Waals surface area contributed by atoms with Crippen molar-refractivity contribution >= 4 is 21.9 Å². The molecule has 1 aromatic rings. The van der Waals surface area contributed by atoms with E-state index in [9.17, 15) is 13.6 Å². The van der Waals surface area contributed by atoms with Crippen molar-refractivity contribution in [3.8, 4) is 0 Å². The number of carbonyl (C=O) groups is 1. The molecule has 0 bridgehead atoms. The Bertz CT molecular complexity index is 410. The van der Waals surface area contributed by atoms with Crippen LogP contribution in [0.2, 0.25) is 0 Å². The fraction of sp³-hybridized carbons (Fsp3) is 0.400. The van der Waals surface area contributed by atoms with Crippen molar-refractivity contribution in [2.45, 2.75) is 18.7 Å². The van der Waals surface area contributed by atoms with Gasteiger partial charge in [-0.25, -0.2) is 13.6 Å². The summed E-state index contributed by atoms with van der Waals surface area (Å²) in [5.41, 5.74) is 0.704. The van der Waals surface area contributed by atoms with Gasteiger partial charge in [0.15, 0.2) is 0 Å². The maximum atomic E-state index is 12.6. The van der Waals surface area contributed by atoms with E-state index in [0.29, 0.717) is 16.5 Å². The van der Waals surface area contributed by atoms with Crippen LogP contribution in [0, 0.1) is 6.92 Å². The molecule has 1 heterocycles. The highest BCUT2D eigenvalue weighted by Gasteiger charge is 2.20. The van der Waals surface area contributed by atoms with Crippen LogP contribution in [-0.4, -0.2) is 18.1 Å². The summed E-state index contributed by atoms with van der Waals surface area (Å²) in [5.74, 6) is -0.578. The zero-order chi connectivity index (χ0) is 12.3. The Morgan fingerprint density at radius 2 is 2.25 bits per heavy atom. The minimum atomic E-state index is -2.65. The molecule has 0 amide bonds. The second-order valence-electron chi connectivity index (χ2n) is 3.09. The molecule has 0 fully saturated rings. The van der Waals surface area contributed by atoms with Gasteiger partial charge in [0.05, 0.1) is 12.7 Å². The van der Waals surface area contributed by atoms with Gasteiger partial charge in [0.25, 0.3) is 6.43 Å². The van der Waals surface area contributed by atoms with Crippen LogP contribution in [0.4, 0.5) is 8.78 Å². The number of esters is 1. The van der Waals surface area contributed by atoms with Crippen LogP contribution >= 0.6 is 15.9 Å². The molecule has 1 rings (SSSR count). The zero-order valence-corrected chi connectivity index (χ0v) is 10.3. The molecule has 0 aromatic carbocycles. The highest BCUT2D eigenvalue weighted by Crippen LogP contribution is 2.26. The van der Waals surface area contributed by atoms with Crippen molar-refractivity contribution in [2.75, 3.05) is 7.11 Å². The number of pyridine rings is 1. The molecule has 6 heteroatoms.